The number of ether oxygens (including phenoxy) is 2. The highest BCUT2D eigenvalue weighted by atomic mass is 19.1. The Morgan fingerprint density at radius 2 is 2.24 bits per heavy atom. The van der Waals surface area contributed by atoms with E-state index < -0.39 is 30.2 Å². The van der Waals surface area contributed by atoms with Gasteiger partial charge >= 0.3 is 17.8 Å². The topological polar surface area (TPSA) is 125 Å². The molecule has 0 bridgehead atoms. The van der Waals surface area contributed by atoms with E-state index in [9.17, 15) is 14.3 Å². The first kappa shape index (κ1) is 18.8. The molecule has 1 aliphatic heterocycles. The minimum Gasteiger partial charge on any atom is -0.415 e. The van der Waals surface area contributed by atoms with Gasteiger partial charge in [-0.2, -0.15) is 14.4 Å². The average molecular weight is 397 g/mol. The molecule has 2 aromatic heterocycles. The van der Waals surface area contributed by atoms with Crippen LogP contribution in [0.2, 0.25) is 0 Å². The Bertz CT molecular complexity index is 1160. The van der Waals surface area contributed by atoms with Crippen molar-refractivity contribution in [3.05, 3.63) is 47.8 Å². The van der Waals surface area contributed by atoms with Crippen LogP contribution in [0.25, 0.3) is 11.2 Å². The van der Waals surface area contributed by atoms with Gasteiger partial charge in [-0.15, -0.1) is 6.42 Å². The maximum Gasteiger partial charge on any atom is 0.341 e. The minimum atomic E-state index is -2.03. The van der Waals surface area contributed by atoms with Crippen LogP contribution in [0.15, 0.2) is 30.6 Å². The van der Waals surface area contributed by atoms with Crippen molar-refractivity contribution < 1.29 is 23.8 Å². The second kappa shape index (κ2) is 6.80. The number of nitrogens with two attached hydrogens (primary N) is 1. The predicted octanol–water partition coefficient (Wildman–Crippen LogP) is 1.32. The molecule has 1 fully saturated rings. The monoisotopic (exact) mass is 397 g/mol. The molecule has 1 aliphatic rings. The standard InChI is InChI=1S/C19H16FN5O4/c1-3-19(29-17(27)11-7-5-4-6-10(11)2)12(26)8-13(28-19)25-9-22-14-15(21)23-18(20)24-16(14)25/h1,4-7,9,12-13,26H,8H2,2H3,(H2,21,23,24)/t12-,13+,19+/m0/s1. The molecule has 1 saturated heterocycles. The molecular weight excluding hydrogens is 381 g/mol. The highest BCUT2D eigenvalue weighted by molar-refractivity contribution is 5.91. The fourth-order valence-corrected chi connectivity index (χ4v) is 3.21. The second-order valence-electron chi connectivity index (χ2n) is 6.54. The largest absolute Gasteiger partial charge is 0.415 e. The smallest absolute Gasteiger partial charge is 0.341 e. The van der Waals surface area contributed by atoms with Gasteiger partial charge in [-0.05, 0) is 24.5 Å². The van der Waals surface area contributed by atoms with Gasteiger partial charge in [0.05, 0.1) is 11.9 Å². The predicted molar refractivity (Wildman–Crippen MR) is 98.6 cm³/mol. The summed E-state index contributed by atoms with van der Waals surface area (Å²) in [5, 5.41) is 10.5. The van der Waals surface area contributed by atoms with Crippen molar-refractivity contribution >= 4 is 23.0 Å². The summed E-state index contributed by atoms with van der Waals surface area (Å²) in [6.07, 6.45) is 3.51. The number of aliphatic hydroxyl groups is 1. The van der Waals surface area contributed by atoms with Crippen LogP contribution < -0.4 is 5.73 Å². The summed E-state index contributed by atoms with van der Waals surface area (Å²) in [6.45, 7) is 1.74. The maximum atomic E-state index is 13.6. The summed E-state index contributed by atoms with van der Waals surface area (Å²) in [4.78, 5) is 23.8. The average Bonchev–Trinajstić information content (AvgIpc) is 3.24. The van der Waals surface area contributed by atoms with Gasteiger partial charge in [0.15, 0.2) is 17.0 Å². The molecule has 9 nitrogen and oxygen atoms in total. The lowest BCUT2D eigenvalue weighted by Crippen LogP contribution is -2.42. The van der Waals surface area contributed by atoms with Crippen LogP contribution in [0.3, 0.4) is 0 Å². The number of nitrogens with zero attached hydrogens (tertiary/aromatic N) is 4. The van der Waals surface area contributed by atoms with Crippen LogP contribution in [-0.4, -0.2) is 42.5 Å². The molecule has 0 radical (unpaired) electrons. The van der Waals surface area contributed by atoms with E-state index in [2.05, 4.69) is 20.9 Å². The van der Waals surface area contributed by atoms with Crippen LogP contribution in [0, 0.1) is 25.3 Å². The number of halogens is 1. The molecule has 3 N–H and O–H groups in total. The zero-order valence-electron chi connectivity index (χ0n) is 15.2. The zero-order chi connectivity index (χ0) is 20.8. The molecule has 4 rings (SSSR count). The van der Waals surface area contributed by atoms with E-state index in [1.54, 1.807) is 31.2 Å². The molecule has 0 spiro atoms. The summed E-state index contributed by atoms with van der Waals surface area (Å²) < 4.78 is 26.1. The van der Waals surface area contributed by atoms with Gasteiger partial charge in [0.1, 0.15) is 12.3 Å². The molecule has 29 heavy (non-hydrogen) atoms. The van der Waals surface area contributed by atoms with E-state index >= 15 is 0 Å². The number of hydrogen-bond acceptors (Lipinski definition) is 8. The first-order valence-corrected chi connectivity index (χ1v) is 8.63. The second-order valence-corrected chi connectivity index (χ2v) is 6.54. The van der Waals surface area contributed by atoms with Crippen molar-refractivity contribution in [2.45, 2.75) is 31.5 Å². The molecule has 0 amide bonds. The van der Waals surface area contributed by atoms with Crippen molar-refractivity contribution in [3.63, 3.8) is 0 Å². The maximum absolute atomic E-state index is 13.6. The molecule has 0 aliphatic carbocycles. The van der Waals surface area contributed by atoms with Gasteiger partial charge in [0.2, 0.25) is 0 Å². The molecule has 3 heterocycles. The number of aromatic nitrogens is 4. The van der Waals surface area contributed by atoms with Crippen molar-refractivity contribution in [1.29, 1.82) is 0 Å². The number of esters is 1. The van der Waals surface area contributed by atoms with Gasteiger partial charge in [0, 0.05) is 6.42 Å². The van der Waals surface area contributed by atoms with Crippen LogP contribution in [0.1, 0.15) is 28.6 Å². The number of aliphatic hydroxyl groups excluding tert-OH is 1. The van der Waals surface area contributed by atoms with Crippen molar-refractivity contribution in [2.24, 2.45) is 0 Å². The molecule has 3 atom stereocenters. The third-order valence-corrected chi connectivity index (χ3v) is 4.72. The van der Waals surface area contributed by atoms with Gasteiger partial charge in [-0.1, -0.05) is 18.2 Å². The molecule has 0 unspecified atom stereocenters. The summed E-state index contributed by atoms with van der Waals surface area (Å²) in [5.74, 6) is -0.682. The number of benzene rings is 1. The van der Waals surface area contributed by atoms with E-state index in [1.807, 2.05) is 0 Å². The van der Waals surface area contributed by atoms with E-state index in [-0.39, 0.29) is 29.0 Å². The first-order valence-electron chi connectivity index (χ1n) is 8.63. The van der Waals surface area contributed by atoms with Crippen molar-refractivity contribution in [3.8, 4) is 12.3 Å². The number of terminal acetylenes is 1. The lowest BCUT2D eigenvalue weighted by molar-refractivity contribution is -0.197. The molecule has 3 aromatic rings. The number of hydrogen-bond donors (Lipinski definition) is 2. The third-order valence-electron chi connectivity index (χ3n) is 4.72. The Morgan fingerprint density at radius 3 is 2.97 bits per heavy atom. The quantitative estimate of drug-likeness (QED) is 0.385. The highest BCUT2D eigenvalue weighted by Gasteiger charge is 2.52. The minimum absolute atomic E-state index is 0.0533. The third kappa shape index (κ3) is 3.06. The van der Waals surface area contributed by atoms with E-state index in [4.69, 9.17) is 21.6 Å². The summed E-state index contributed by atoms with van der Waals surface area (Å²) >= 11 is 0. The number of rotatable bonds is 3. The number of anilines is 1. The summed E-state index contributed by atoms with van der Waals surface area (Å²) in [6, 6.07) is 6.77. The van der Waals surface area contributed by atoms with Crippen LogP contribution >= 0.6 is 0 Å². The Kier molecular flexibility index (Phi) is 4.41. The zero-order valence-corrected chi connectivity index (χ0v) is 15.2. The fraction of sp³-hybridized carbons (Fsp3) is 0.263. The van der Waals surface area contributed by atoms with Gasteiger partial charge < -0.3 is 20.3 Å². The molecule has 148 valence electrons. The number of carbonyl (C=O) groups is 1. The lowest BCUT2D eigenvalue weighted by Gasteiger charge is -2.26. The summed E-state index contributed by atoms with van der Waals surface area (Å²) in [7, 11) is 0. The van der Waals surface area contributed by atoms with E-state index in [1.165, 1.54) is 10.9 Å². The van der Waals surface area contributed by atoms with E-state index in [0.717, 1.165) is 0 Å². The van der Waals surface area contributed by atoms with Crippen LogP contribution in [0.4, 0.5) is 10.2 Å². The Hall–Kier alpha value is -3.55. The fourth-order valence-electron chi connectivity index (χ4n) is 3.21. The normalized spacial score (nSPS) is 23.8. The van der Waals surface area contributed by atoms with Crippen LogP contribution in [-0.2, 0) is 9.47 Å². The Balaban J connectivity index is 1.66. The SMILES string of the molecule is C#C[C@]1(OC(=O)c2ccccc2C)O[C@@H](n2cnc3c(N)nc(F)nc32)C[C@@H]1O. The Labute approximate surface area is 164 Å². The van der Waals surface area contributed by atoms with Crippen molar-refractivity contribution in [2.75, 3.05) is 5.73 Å². The van der Waals surface area contributed by atoms with Crippen molar-refractivity contribution in [1.82, 2.24) is 19.5 Å². The van der Waals surface area contributed by atoms with Gasteiger partial charge in [-0.25, -0.2) is 9.78 Å². The molecule has 1 aromatic carbocycles. The number of carbonyl (C=O) groups excluding carboxylic acids is 1. The molecule has 0 saturated carbocycles. The number of imidazole rings is 1. The molecular formula is C19H16FN5O4. The number of nitrogen functional groups attached to an aromatic ring is 1. The highest BCUT2D eigenvalue weighted by Crippen LogP contribution is 2.39. The Morgan fingerprint density at radius 1 is 1.48 bits per heavy atom. The van der Waals surface area contributed by atoms with E-state index in [0.29, 0.717) is 5.56 Å². The number of aryl methyl sites for hydroxylation is 1. The number of fused-ring (bicyclic) bond motifs is 1. The van der Waals surface area contributed by atoms with Gasteiger partial charge in [0.25, 0.3) is 0 Å². The molecule has 10 heteroatoms. The van der Waals surface area contributed by atoms with Crippen LogP contribution in [0.5, 0.6) is 0 Å². The first-order chi connectivity index (χ1) is 13.8. The summed E-state index contributed by atoms with van der Waals surface area (Å²) in [5.41, 5.74) is 6.85. The van der Waals surface area contributed by atoms with Gasteiger partial charge in [-0.3, -0.25) is 4.57 Å². The lowest BCUT2D eigenvalue weighted by atomic mass is 10.1.